The third-order valence-corrected chi connectivity index (χ3v) is 3.62. The van der Waals surface area contributed by atoms with Gasteiger partial charge in [-0.2, -0.15) is 0 Å². The zero-order valence-corrected chi connectivity index (χ0v) is 12.5. The van der Waals surface area contributed by atoms with Gasteiger partial charge in [0.1, 0.15) is 5.65 Å². The second-order valence-electron chi connectivity index (χ2n) is 5.09. The standard InChI is InChI=1S/C17H18N4/c1-4-14-9-7-8-12(2)16(14)19-20-17-13(3)18-15-10-5-6-11-21(15)17/h5-11H,4H2,1-3H3. The number of hydrogen-bond donors (Lipinski definition) is 0. The SMILES string of the molecule is CCc1cccc(C)c1N=Nc1c(C)nc2ccccn12. The summed E-state index contributed by atoms with van der Waals surface area (Å²) < 4.78 is 1.96. The van der Waals surface area contributed by atoms with Crippen molar-refractivity contribution in [2.45, 2.75) is 27.2 Å². The fraction of sp³-hybridized carbons (Fsp3) is 0.235. The minimum absolute atomic E-state index is 0.788. The van der Waals surface area contributed by atoms with Gasteiger partial charge in [0.2, 0.25) is 0 Å². The lowest BCUT2D eigenvalue weighted by atomic mass is 10.1. The number of nitrogens with zero attached hydrogens (tertiary/aromatic N) is 4. The van der Waals surface area contributed by atoms with Crippen molar-refractivity contribution < 1.29 is 0 Å². The Morgan fingerprint density at radius 1 is 1.05 bits per heavy atom. The van der Waals surface area contributed by atoms with Crippen molar-refractivity contribution in [1.29, 1.82) is 0 Å². The fourth-order valence-corrected chi connectivity index (χ4v) is 2.47. The molecule has 0 fully saturated rings. The van der Waals surface area contributed by atoms with Gasteiger partial charge in [0.05, 0.1) is 11.4 Å². The third-order valence-electron chi connectivity index (χ3n) is 3.62. The average molecular weight is 278 g/mol. The summed E-state index contributed by atoms with van der Waals surface area (Å²) in [6.45, 7) is 6.15. The lowest BCUT2D eigenvalue weighted by Gasteiger charge is -2.05. The Morgan fingerprint density at radius 3 is 2.71 bits per heavy atom. The lowest BCUT2D eigenvalue weighted by Crippen LogP contribution is -1.85. The van der Waals surface area contributed by atoms with Crippen LogP contribution in [-0.2, 0) is 6.42 Å². The quantitative estimate of drug-likeness (QED) is 0.626. The Kier molecular flexibility index (Phi) is 3.52. The molecular weight excluding hydrogens is 260 g/mol. The first-order chi connectivity index (χ1) is 10.2. The van der Waals surface area contributed by atoms with E-state index in [1.165, 1.54) is 5.56 Å². The van der Waals surface area contributed by atoms with Crippen LogP contribution in [0.5, 0.6) is 0 Å². The molecule has 0 aliphatic heterocycles. The monoisotopic (exact) mass is 278 g/mol. The van der Waals surface area contributed by atoms with Crippen molar-refractivity contribution in [3.8, 4) is 0 Å². The highest BCUT2D eigenvalue weighted by molar-refractivity contribution is 5.54. The summed E-state index contributed by atoms with van der Waals surface area (Å²) in [7, 11) is 0. The molecule has 0 saturated carbocycles. The van der Waals surface area contributed by atoms with Crippen LogP contribution in [0.1, 0.15) is 23.7 Å². The van der Waals surface area contributed by atoms with E-state index in [9.17, 15) is 0 Å². The van der Waals surface area contributed by atoms with Crippen LogP contribution in [0.25, 0.3) is 5.65 Å². The van der Waals surface area contributed by atoms with Crippen LogP contribution in [0, 0.1) is 13.8 Å². The number of imidazole rings is 1. The Bertz CT molecular complexity index is 815. The molecule has 3 aromatic rings. The lowest BCUT2D eigenvalue weighted by molar-refractivity contribution is 1.06. The number of pyridine rings is 1. The maximum absolute atomic E-state index is 4.50. The van der Waals surface area contributed by atoms with Crippen LogP contribution >= 0.6 is 0 Å². The molecule has 0 aliphatic carbocycles. The summed E-state index contributed by atoms with van der Waals surface area (Å²) in [5.41, 5.74) is 5.10. The highest BCUT2D eigenvalue weighted by atomic mass is 15.2. The molecule has 0 radical (unpaired) electrons. The molecule has 2 heterocycles. The summed E-state index contributed by atoms with van der Waals surface area (Å²) in [6.07, 6.45) is 2.91. The smallest absolute Gasteiger partial charge is 0.182 e. The zero-order chi connectivity index (χ0) is 14.8. The minimum Gasteiger partial charge on any atom is -0.283 e. The fourth-order valence-electron chi connectivity index (χ4n) is 2.47. The summed E-state index contributed by atoms with van der Waals surface area (Å²) in [4.78, 5) is 4.50. The van der Waals surface area contributed by atoms with Gasteiger partial charge in [0.15, 0.2) is 5.82 Å². The van der Waals surface area contributed by atoms with Gasteiger partial charge in [-0.25, -0.2) is 4.98 Å². The molecule has 2 aromatic heterocycles. The first-order valence-corrected chi connectivity index (χ1v) is 7.14. The van der Waals surface area contributed by atoms with Gasteiger partial charge in [-0.1, -0.05) is 31.2 Å². The van der Waals surface area contributed by atoms with Crippen LogP contribution in [0.4, 0.5) is 11.5 Å². The molecule has 0 N–H and O–H groups in total. The van der Waals surface area contributed by atoms with Crippen LogP contribution < -0.4 is 0 Å². The number of aromatic nitrogens is 2. The summed E-state index contributed by atoms with van der Waals surface area (Å²) in [5, 5.41) is 8.95. The molecule has 0 atom stereocenters. The van der Waals surface area contributed by atoms with E-state index in [1.54, 1.807) is 0 Å². The van der Waals surface area contributed by atoms with E-state index in [0.29, 0.717) is 0 Å². The van der Waals surface area contributed by atoms with Gasteiger partial charge in [0.25, 0.3) is 0 Å². The Hall–Kier alpha value is -2.49. The molecule has 0 saturated heterocycles. The van der Waals surface area contributed by atoms with Gasteiger partial charge >= 0.3 is 0 Å². The predicted molar refractivity (Wildman–Crippen MR) is 84.7 cm³/mol. The predicted octanol–water partition coefficient (Wildman–Crippen LogP) is 4.93. The summed E-state index contributed by atoms with van der Waals surface area (Å²) in [5.74, 6) is 0.788. The highest BCUT2D eigenvalue weighted by Crippen LogP contribution is 2.28. The molecule has 0 unspecified atom stereocenters. The topological polar surface area (TPSA) is 42.0 Å². The number of azo groups is 1. The molecular formula is C17H18N4. The van der Waals surface area contributed by atoms with Crippen LogP contribution in [0.2, 0.25) is 0 Å². The van der Waals surface area contributed by atoms with E-state index in [-0.39, 0.29) is 0 Å². The first-order valence-electron chi connectivity index (χ1n) is 7.14. The van der Waals surface area contributed by atoms with Crippen LogP contribution in [0.3, 0.4) is 0 Å². The average Bonchev–Trinajstić information content (AvgIpc) is 2.81. The number of fused-ring (bicyclic) bond motifs is 1. The second kappa shape index (κ2) is 5.48. The van der Waals surface area contributed by atoms with E-state index >= 15 is 0 Å². The van der Waals surface area contributed by atoms with E-state index in [4.69, 9.17) is 0 Å². The summed E-state index contributed by atoms with van der Waals surface area (Å²) in [6, 6.07) is 12.1. The van der Waals surface area contributed by atoms with Crippen molar-refractivity contribution in [2.75, 3.05) is 0 Å². The molecule has 21 heavy (non-hydrogen) atoms. The molecule has 4 heteroatoms. The Morgan fingerprint density at radius 2 is 1.90 bits per heavy atom. The van der Waals surface area contributed by atoms with Crippen LogP contribution in [0.15, 0.2) is 52.8 Å². The van der Waals surface area contributed by atoms with Gasteiger partial charge in [0, 0.05) is 6.20 Å². The van der Waals surface area contributed by atoms with E-state index in [2.05, 4.69) is 47.3 Å². The van der Waals surface area contributed by atoms with Crippen molar-refractivity contribution in [1.82, 2.24) is 9.38 Å². The maximum atomic E-state index is 4.50. The molecule has 4 nitrogen and oxygen atoms in total. The normalized spacial score (nSPS) is 11.6. The number of aryl methyl sites for hydroxylation is 3. The molecule has 3 rings (SSSR count). The minimum atomic E-state index is 0.788. The number of hydrogen-bond acceptors (Lipinski definition) is 3. The number of benzene rings is 1. The van der Waals surface area contributed by atoms with Gasteiger partial charge in [-0.15, -0.1) is 10.2 Å². The van der Waals surface area contributed by atoms with Gasteiger partial charge in [-0.3, -0.25) is 4.40 Å². The molecule has 0 spiro atoms. The summed E-state index contributed by atoms with van der Waals surface area (Å²) >= 11 is 0. The van der Waals surface area contributed by atoms with E-state index in [1.807, 2.05) is 35.7 Å². The van der Waals surface area contributed by atoms with Crippen molar-refractivity contribution in [3.05, 3.63) is 59.4 Å². The molecule has 0 bridgehead atoms. The largest absolute Gasteiger partial charge is 0.283 e. The highest BCUT2D eigenvalue weighted by Gasteiger charge is 2.08. The molecule has 106 valence electrons. The Balaban J connectivity index is 2.09. The van der Waals surface area contributed by atoms with Crippen molar-refractivity contribution >= 4 is 17.2 Å². The Labute approximate surface area is 124 Å². The molecule has 1 aromatic carbocycles. The third kappa shape index (κ3) is 2.44. The van der Waals surface area contributed by atoms with E-state index in [0.717, 1.165) is 34.8 Å². The van der Waals surface area contributed by atoms with Crippen molar-refractivity contribution in [3.63, 3.8) is 0 Å². The first kappa shape index (κ1) is 13.5. The zero-order valence-electron chi connectivity index (χ0n) is 12.5. The second-order valence-corrected chi connectivity index (χ2v) is 5.09. The molecule has 0 aliphatic rings. The number of rotatable bonds is 3. The van der Waals surface area contributed by atoms with Crippen molar-refractivity contribution in [2.24, 2.45) is 10.2 Å². The van der Waals surface area contributed by atoms with Crippen LogP contribution in [-0.4, -0.2) is 9.38 Å². The maximum Gasteiger partial charge on any atom is 0.182 e. The van der Waals surface area contributed by atoms with Gasteiger partial charge < -0.3 is 0 Å². The molecule has 0 amide bonds. The van der Waals surface area contributed by atoms with E-state index < -0.39 is 0 Å². The van der Waals surface area contributed by atoms with Gasteiger partial charge in [-0.05, 0) is 43.5 Å².